The quantitative estimate of drug-likeness (QED) is 0.587. The van der Waals surface area contributed by atoms with Crippen molar-refractivity contribution in [2.24, 2.45) is 5.92 Å². The zero-order valence-corrected chi connectivity index (χ0v) is 12.8. The van der Waals surface area contributed by atoms with E-state index in [0.717, 1.165) is 37.1 Å². The van der Waals surface area contributed by atoms with Crippen LogP contribution in [0.15, 0.2) is 18.2 Å². The highest BCUT2D eigenvalue weighted by molar-refractivity contribution is 5.73. The number of hydrogen-bond donors (Lipinski definition) is 1. The van der Waals surface area contributed by atoms with Crippen molar-refractivity contribution in [1.29, 1.82) is 0 Å². The highest BCUT2D eigenvalue weighted by Gasteiger charge is 2.21. The van der Waals surface area contributed by atoms with Crippen LogP contribution in [-0.4, -0.2) is 32.9 Å². The minimum absolute atomic E-state index is 0.125. The first-order valence-electron chi connectivity index (χ1n) is 7.42. The molecule has 0 atom stereocenters. The van der Waals surface area contributed by atoms with Crippen LogP contribution in [0.5, 0.6) is 5.75 Å². The Morgan fingerprint density at radius 3 is 2.75 bits per heavy atom. The van der Waals surface area contributed by atoms with Gasteiger partial charge < -0.3 is 20.1 Å². The van der Waals surface area contributed by atoms with E-state index in [2.05, 4.69) is 4.90 Å². The molecule has 1 aromatic carbocycles. The Balaban J connectivity index is 1.88. The molecule has 112 valence electrons. The van der Waals surface area contributed by atoms with Crippen molar-refractivity contribution in [3.05, 3.63) is 18.2 Å². The predicted molar refractivity (Wildman–Crippen MR) is 83.4 cm³/mol. The average molecular weight is 278 g/mol. The maximum atomic E-state index is 6.19. The summed E-state index contributed by atoms with van der Waals surface area (Å²) in [5.74, 6) is 1.57. The molecule has 2 rings (SSSR count). The summed E-state index contributed by atoms with van der Waals surface area (Å²) in [6.45, 7) is 6.48. The summed E-state index contributed by atoms with van der Waals surface area (Å²) >= 11 is 0. The number of anilines is 2. The first-order chi connectivity index (χ1) is 9.58. The molecule has 0 aliphatic heterocycles. The summed E-state index contributed by atoms with van der Waals surface area (Å²) in [6, 6.07) is 5.91. The zero-order valence-electron chi connectivity index (χ0n) is 12.8. The molecule has 20 heavy (non-hydrogen) atoms. The molecule has 0 spiro atoms. The molecule has 4 nitrogen and oxygen atoms in total. The van der Waals surface area contributed by atoms with Crippen LogP contribution in [0.25, 0.3) is 0 Å². The largest absolute Gasteiger partial charge is 0.489 e. The van der Waals surface area contributed by atoms with Crippen molar-refractivity contribution in [3.63, 3.8) is 0 Å². The number of nitrogen functional groups attached to an aromatic ring is 1. The number of para-hydroxylation sites is 1. The van der Waals surface area contributed by atoms with Gasteiger partial charge in [0.05, 0.1) is 24.1 Å². The second-order valence-electron chi connectivity index (χ2n) is 5.80. The van der Waals surface area contributed by atoms with Gasteiger partial charge in [0, 0.05) is 20.2 Å². The van der Waals surface area contributed by atoms with E-state index >= 15 is 0 Å². The Labute approximate surface area is 121 Å². The van der Waals surface area contributed by atoms with Gasteiger partial charge in [0.25, 0.3) is 0 Å². The predicted octanol–water partition coefficient (Wildman–Crippen LogP) is 2.92. The molecule has 1 aromatic rings. The van der Waals surface area contributed by atoms with Crippen molar-refractivity contribution in [3.8, 4) is 5.75 Å². The maximum Gasteiger partial charge on any atom is 0.144 e. The van der Waals surface area contributed by atoms with Crippen LogP contribution in [0.2, 0.25) is 0 Å². The van der Waals surface area contributed by atoms with E-state index in [1.165, 1.54) is 12.8 Å². The number of ether oxygens (including phenoxy) is 2. The van der Waals surface area contributed by atoms with Gasteiger partial charge in [-0.15, -0.1) is 0 Å². The van der Waals surface area contributed by atoms with E-state index in [4.69, 9.17) is 15.2 Å². The number of nitrogens with zero attached hydrogens (tertiary/aromatic N) is 1. The molecule has 1 aliphatic carbocycles. The monoisotopic (exact) mass is 278 g/mol. The molecule has 1 fully saturated rings. The molecule has 4 heteroatoms. The number of benzene rings is 1. The number of likely N-dealkylation sites (N-methyl/N-ethyl adjacent to an activating group) is 1. The standard InChI is InChI=1S/C16H26N2O2/c1-12(2)20-15-6-4-5-14(16(15)17)18(3)9-10-19-11-13-7-8-13/h4-6,12-13H,7-11,17H2,1-3H3. The second kappa shape index (κ2) is 6.84. The van der Waals surface area contributed by atoms with Gasteiger partial charge in [-0.1, -0.05) is 6.07 Å². The molecule has 0 unspecified atom stereocenters. The van der Waals surface area contributed by atoms with Gasteiger partial charge in [-0.3, -0.25) is 0 Å². The Kier molecular flexibility index (Phi) is 5.12. The Bertz CT molecular complexity index is 430. The van der Waals surface area contributed by atoms with E-state index in [1.54, 1.807) is 0 Å². The highest BCUT2D eigenvalue weighted by atomic mass is 16.5. The topological polar surface area (TPSA) is 47.7 Å². The fourth-order valence-corrected chi connectivity index (χ4v) is 2.08. The molecule has 0 radical (unpaired) electrons. The molecule has 0 heterocycles. The summed E-state index contributed by atoms with van der Waals surface area (Å²) in [4.78, 5) is 2.12. The molecule has 1 aliphatic rings. The Morgan fingerprint density at radius 1 is 1.35 bits per heavy atom. The normalized spacial score (nSPS) is 14.6. The number of nitrogens with two attached hydrogens (primary N) is 1. The maximum absolute atomic E-state index is 6.19. The van der Waals surface area contributed by atoms with Gasteiger partial charge >= 0.3 is 0 Å². The number of hydrogen-bond acceptors (Lipinski definition) is 4. The van der Waals surface area contributed by atoms with Crippen molar-refractivity contribution in [1.82, 2.24) is 0 Å². The molecular weight excluding hydrogens is 252 g/mol. The zero-order chi connectivity index (χ0) is 14.5. The average Bonchev–Trinajstić information content (AvgIpc) is 3.20. The van der Waals surface area contributed by atoms with Crippen LogP contribution in [0.1, 0.15) is 26.7 Å². The molecule has 1 saturated carbocycles. The molecule has 2 N–H and O–H groups in total. The summed E-state index contributed by atoms with van der Waals surface area (Å²) in [5.41, 5.74) is 7.89. The van der Waals surface area contributed by atoms with Crippen molar-refractivity contribution in [2.75, 3.05) is 37.4 Å². The molecule has 0 aromatic heterocycles. The van der Waals surface area contributed by atoms with Crippen LogP contribution < -0.4 is 15.4 Å². The van der Waals surface area contributed by atoms with Gasteiger partial charge in [-0.05, 0) is 44.7 Å². The van der Waals surface area contributed by atoms with Crippen LogP contribution in [0.3, 0.4) is 0 Å². The minimum atomic E-state index is 0.125. The summed E-state index contributed by atoms with van der Waals surface area (Å²) in [5, 5.41) is 0. The van der Waals surface area contributed by atoms with Crippen molar-refractivity contribution < 1.29 is 9.47 Å². The lowest BCUT2D eigenvalue weighted by Gasteiger charge is -2.23. The van der Waals surface area contributed by atoms with Crippen LogP contribution in [-0.2, 0) is 4.74 Å². The second-order valence-corrected chi connectivity index (χ2v) is 5.80. The van der Waals surface area contributed by atoms with Crippen LogP contribution in [0.4, 0.5) is 11.4 Å². The van der Waals surface area contributed by atoms with E-state index in [9.17, 15) is 0 Å². The molecule has 0 saturated heterocycles. The lowest BCUT2D eigenvalue weighted by Crippen LogP contribution is -2.24. The lowest BCUT2D eigenvalue weighted by atomic mass is 10.2. The van der Waals surface area contributed by atoms with Gasteiger partial charge in [0.1, 0.15) is 5.75 Å². The van der Waals surface area contributed by atoms with Crippen LogP contribution in [0, 0.1) is 5.92 Å². The van der Waals surface area contributed by atoms with Gasteiger partial charge in [0.2, 0.25) is 0 Å². The van der Waals surface area contributed by atoms with Crippen molar-refractivity contribution >= 4 is 11.4 Å². The van der Waals surface area contributed by atoms with Gasteiger partial charge in [-0.2, -0.15) is 0 Å². The van der Waals surface area contributed by atoms with Gasteiger partial charge in [0.15, 0.2) is 0 Å². The van der Waals surface area contributed by atoms with Crippen LogP contribution >= 0.6 is 0 Å². The Morgan fingerprint density at radius 2 is 2.10 bits per heavy atom. The third-order valence-electron chi connectivity index (χ3n) is 3.44. The van der Waals surface area contributed by atoms with Gasteiger partial charge in [-0.25, -0.2) is 0 Å². The third kappa shape index (κ3) is 4.30. The first-order valence-corrected chi connectivity index (χ1v) is 7.42. The first kappa shape index (κ1) is 15.0. The fourth-order valence-electron chi connectivity index (χ4n) is 2.08. The van der Waals surface area contributed by atoms with E-state index in [0.29, 0.717) is 5.69 Å². The number of rotatable bonds is 8. The molecular formula is C16H26N2O2. The fraction of sp³-hybridized carbons (Fsp3) is 0.625. The van der Waals surface area contributed by atoms with Crippen molar-refractivity contribution in [2.45, 2.75) is 32.8 Å². The summed E-state index contributed by atoms with van der Waals surface area (Å²) in [6.07, 6.45) is 2.79. The lowest BCUT2D eigenvalue weighted by molar-refractivity contribution is 0.131. The minimum Gasteiger partial charge on any atom is -0.489 e. The molecule has 0 bridgehead atoms. The highest BCUT2D eigenvalue weighted by Crippen LogP contribution is 2.32. The third-order valence-corrected chi connectivity index (χ3v) is 3.44. The van der Waals surface area contributed by atoms with E-state index in [1.807, 2.05) is 39.1 Å². The SMILES string of the molecule is CC(C)Oc1cccc(N(C)CCOCC2CC2)c1N. The van der Waals surface area contributed by atoms with E-state index in [-0.39, 0.29) is 6.10 Å². The molecule has 0 amide bonds. The smallest absolute Gasteiger partial charge is 0.144 e. The Hall–Kier alpha value is -1.42. The summed E-state index contributed by atoms with van der Waals surface area (Å²) in [7, 11) is 2.03. The summed E-state index contributed by atoms with van der Waals surface area (Å²) < 4.78 is 11.4. The van der Waals surface area contributed by atoms with E-state index < -0.39 is 0 Å².